The van der Waals surface area contributed by atoms with Gasteiger partial charge in [-0.2, -0.15) is 0 Å². The van der Waals surface area contributed by atoms with Gasteiger partial charge in [-0.25, -0.2) is 4.39 Å². The van der Waals surface area contributed by atoms with Crippen LogP contribution >= 0.6 is 15.9 Å². The minimum Gasteiger partial charge on any atom is -0.377 e. The smallest absolute Gasteiger partial charge is 0.124 e. The van der Waals surface area contributed by atoms with E-state index in [1.165, 1.54) is 19.2 Å². The predicted octanol–water partition coefficient (Wildman–Crippen LogP) is 3.11. The van der Waals surface area contributed by atoms with Gasteiger partial charge in [0.15, 0.2) is 0 Å². The number of rotatable bonds is 2. The minimum absolute atomic E-state index is 0.287. The summed E-state index contributed by atoms with van der Waals surface area (Å²) in [6, 6.07) is 4.59. The molecule has 1 aromatic carbocycles. The molecule has 0 aliphatic heterocycles. The van der Waals surface area contributed by atoms with Gasteiger partial charge in [0.2, 0.25) is 0 Å². The molecule has 3 heteroatoms. The molecular weight excluding hydrogens is 223 g/mol. The molecule has 0 saturated heterocycles. The predicted molar refractivity (Wildman–Crippen MR) is 49.2 cm³/mol. The van der Waals surface area contributed by atoms with Crippen LogP contribution in [0.2, 0.25) is 0 Å². The van der Waals surface area contributed by atoms with Crippen LogP contribution in [0, 0.1) is 12.7 Å². The third kappa shape index (κ3) is 2.29. The van der Waals surface area contributed by atoms with Crippen molar-refractivity contribution in [3.63, 3.8) is 0 Å². The Hall–Kier alpha value is -0.410. The van der Waals surface area contributed by atoms with Crippen LogP contribution in [0.3, 0.4) is 0 Å². The topological polar surface area (TPSA) is 9.23 Å². The van der Waals surface area contributed by atoms with E-state index in [9.17, 15) is 4.39 Å². The van der Waals surface area contributed by atoms with Crippen molar-refractivity contribution in [3.05, 3.63) is 41.0 Å². The van der Waals surface area contributed by atoms with E-state index in [0.29, 0.717) is 4.47 Å². The summed E-state index contributed by atoms with van der Waals surface area (Å²) in [6.45, 7) is 3.70. The fourth-order valence-corrected chi connectivity index (χ4v) is 1.38. The van der Waals surface area contributed by atoms with Crippen molar-refractivity contribution in [1.29, 1.82) is 0 Å². The van der Waals surface area contributed by atoms with Gasteiger partial charge in [0.05, 0.1) is 6.10 Å². The first-order valence-corrected chi connectivity index (χ1v) is 4.24. The lowest BCUT2D eigenvalue weighted by Crippen LogP contribution is -1.96. The summed E-state index contributed by atoms with van der Waals surface area (Å²) in [6.07, 6.45) is -0.322. The summed E-state index contributed by atoms with van der Waals surface area (Å²) in [5, 5.41) is 0. The molecule has 1 unspecified atom stereocenters. The number of benzene rings is 1. The first-order chi connectivity index (χ1) is 5.63. The maximum Gasteiger partial charge on any atom is 0.124 e. The zero-order valence-corrected chi connectivity index (χ0v) is 8.27. The number of hydrogen-bond acceptors (Lipinski definition) is 1. The first kappa shape index (κ1) is 9.68. The molecule has 0 aliphatic carbocycles. The normalized spacial score (nSPS) is 13.0. The molecule has 0 saturated carbocycles. The number of hydrogen-bond donors (Lipinski definition) is 0. The fraction of sp³-hybridized carbons (Fsp3) is 0.222. The molecule has 65 valence electrons. The van der Waals surface area contributed by atoms with Crippen molar-refractivity contribution in [3.8, 4) is 0 Å². The van der Waals surface area contributed by atoms with E-state index in [2.05, 4.69) is 22.9 Å². The summed E-state index contributed by atoms with van der Waals surface area (Å²) < 4.78 is 18.5. The Bertz CT molecular complexity index is 255. The highest BCUT2D eigenvalue weighted by atomic mass is 79.9. The summed E-state index contributed by atoms with van der Waals surface area (Å²) in [4.78, 5) is 0. The van der Waals surface area contributed by atoms with Gasteiger partial charge in [-0.3, -0.25) is 0 Å². The van der Waals surface area contributed by atoms with Gasteiger partial charge in [-0.05, 0) is 30.7 Å². The van der Waals surface area contributed by atoms with Crippen LogP contribution < -0.4 is 0 Å². The molecule has 1 nitrogen and oxygen atoms in total. The molecule has 0 spiro atoms. The van der Waals surface area contributed by atoms with Gasteiger partial charge in [-0.1, -0.05) is 15.9 Å². The molecule has 0 aromatic heterocycles. The molecule has 0 amide bonds. The molecular formula is C9H9BrFO. The van der Waals surface area contributed by atoms with Gasteiger partial charge in [0.25, 0.3) is 0 Å². The van der Waals surface area contributed by atoms with E-state index in [-0.39, 0.29) is 11.9 Å². The highest BCUT2D eigenvalue weighted by Crippen LogP contribution is 2.21. The molecule has 0 heterocycles. The number of halogens is 2. The third-order valence-electron chi connectivity index (χ3n) is 1.54. The van der Waals surface area contributed by atoms with Crippen molar-refractivity contribution in [1.82, 2.24) is 0 Å². The van der Waals surface area contributed by atoms with Crippen LogP contribution in [0.5, 0.6) is 0 Å². The van der Waals surface area contributed by atoms with Crippen molar-refractivity contribution >= 4 is 15.9 Å². The summed E-state index contributed by atoms with van der Waals surface area (Å²) in [7, 11) is 1.54. The Morgan fingerprint density at radius 1 is 1.50 bits per heavy atom. The summed E-state index contributed by atoms with van der Waals surface area (Å²) in [5.41, 5.74) is 0.726. The van der Waals surface area contributed by atoms with Gasteiger partial charge in [0, 0.05) is 11.6 Å². The molecule has 1 rings (SSSR count). The van der Waals surface area contributed by atoms with Crippen molar-refractivity contribution in [2.24, 2.45) is 0 Å². The summed E-state index contributed by atoms with van der Waals surface area (Å²) in [5.74, 6) is -0.287. The van der Waals surface area contributed by atoms with Crippen LogP contribution in [0.15, 0.2) is 22.7 Å². The summed E-state index contributed by atoms with van der Waals surface area (Å²) >= 11 is 3.19. The average Bonchev–Trinajstić information content (AvgIpc) is 2.01. The van der Waals surface area contributed by atoms with Crippen molar-refractivity contribution < 1.29 is 9.13 Å². The molecule has 0 fully saturated rings. The second-order valence-corrected chi connectivity index (χ2v) is 3.34. The Labute approximate surface area is 79.7 Å². The maximum absolute atomic E-state index is 12.8. The lowest BCUT2D eigenvalue weighted by Gasteiger charge is -2.09. The minimum atomic E-state index is -0.322. The Kier molecular flexibility index (Phi) is 3.23. The average molecular weight is 232 g/mol. The lowest BCUT2D eigenvalue weighted by atomic mass is 10.1. The second-order valence-electron chi connectivity index (χ2n) is 2.43. The second kappa shape index (κ2) is 4.01. The molecule has 0 N–H and O–H groups in total. The van der Waals surface area contributed by atoms with Crippen LogP contribution in [0.4, 0.5) is 4.39 Å². The SMILES string of the molecule is [CH2]C(OC)c1cc(F)cc(Br)c1. The van der Waals surface area contributed by atoms with E-state index in [1.54, 1.807) is 6.07 Å². The quantitative estimate of drug-likeness (QED) is 0.761. The molecule has 1 aromatic rings. The maximum atomic E-state index is 12.8. The lowest BCUT2D eigenvalue weighted by molar-refractivity contribution is 0.140. The standard InChI is InChI=1S/C9H9BrFO/c1-6(12-2)7-3-8(10)5-9(11)4-7/h3-6H,1H2,2H3. The van der Waals surface area contributed by atoms with Gasteiger partial charge >= 0.3 is 0 Å². The molecule has 0 aliphatic rings. The molecule has 1 atom stereocenters. The Morgan fingerprint density at radius 2 is 2.17 bits per heavy atom. The van der Waals surface area contributed by atoms with Crippen molar-refractivity contribution in [2.75, 3.05) is 7.11 Å². The zero-order valence-electron chi connectivity index (χ0n) is 6.68. The Balaban J connectivity index is 3.00. The van der Waals surface area contributed by atoms with E-state index < -0.39 is 0 Å². The highest BCUT2D eigenvalue weighted by molar-refractivity contribution is 9.10. The Morgan fingerprint density at radius 3 is 2.67 bits per heavy atom. The molecule has 0 bridgehead atoms. The van der Waals surface area contributed by atoms with Crippen LogP contribution in [0.25, 0.3) is 0 Å². The molecule has 1 radical (unpaired) electrons. The van der Waals surface area contributed by atoms with Crippen LogP contribution in [0.1, 0.15) is 11.7 Å². The van der Waals surface area contributed by atoms with E-state index >= 15 is 0 Å². The van der Waals surface area contributed by atoms with Crippen molar-refractivity contribution in [2.45, 2.75) is 6.10 Å². The zero-order chi connectivity index (χ0) is 9.14. The van der Waals surface area contributed by atoms with Crippen LogP contribution in [-0.4, -0.2) is 7.11 Å². The fourth-order valence-electron chi connectivity index (χ4n) is 0.897. The highest BCUT2D eigenvalue weighted by Gasteiger charge is 2.05. The van der Waals surface area contributed by atoms with Crippen LogP contribution in [-0.2, 0) is 4.74 Å². The molecule has 12 heavy (non-hydrogen) atoms. The third-order valence-corrected chi connectivity index (χ3v) is 2.00. The monoisotopic (exact) mass is 231 g/mol. The van der Waals surface area contributed by atoms with Gasteiger partial charge < -0.3 is 4.74 Å². The van der Waals surface area contributed by atoms with E-state index in [0.717, 1.165) is 5.56 Å². The van der Waals surface area contributed by atoms with E-state index in [1.807, 2.05) is 0 Å². The first-order valence-electron chi connectivity index (χ1n) is 3.45. The van der Waals surface area contributed by atoms with E-state index in [4.69, 9.17) is 4.74 Å². The largest absolute Gasteiger partial charge is 0.377 e. The van der Waals surface area contributed by atoms with Gasteiger partial charge in [-0.15, -0.1) is 0 Å². The van der Waals surface area contributed by atoms with Gasteiger partial charge in [0.1, 0.15) is 5.82 Å². The number of methoxy groups -OCH3 is 1. The number of ether oxygens (including phenoxy) is 1.